The van der Waals surface area contributed by atoms with Gasteiger partial charge in [-0.1, -0.05) is 48.5 Å². The average Bonchev–Trinajstić information content (AvgIpc) is 2.66. The van der Waals surface area contributed by atoms with Gasteiger partial charge in [0, 0.05) is 12.1 Å². The molecule has 3 N–H and O–H groups in total. The van der Waals surface area contributed by atoms with E-state index < -0.39 is 11.9 Å². The van der Waals surface area contributed by atoms with Gasteiger partial charge in [0.05, 0.1) is 0 Å². The molecule has 1 aliphatic rings. The molecule has 0 unspecified atom stereocenters. The van der Waals surface area contributed by atoms with Gasteiger partial charge in [0.15, 0.2) is 0 Å². The highest BCUT2D eigenvalue weighted by molar-refractivity contribution is 6.27. The van der Waals surface area contributed by atoms with Gasteiger partial charge in [0.2, 0.25) is 0 Å². The molecule has 0 spiro atoms. The summed E-state index contributed by atoms with van der Waals surface area (Å²) in [5.41, 5.74) is 2.50. The summed E-state index contributed by atoms with van der Waals surface area (Å²) in [6.45, 7) is 3.13. The largest absolute Gasteiger partial charge is 0.508 e. The zero-order valence-electron chi connectivity index (χ0n) is 15.1. The Labute approximate surface area is 158 Å². The number of hydrogen-bond acceptors (Lipinski definition) is 4. The van der Waals surface area contributed by atoms with E-state index in [1.807, 2.05) is 18.2 Å². The molecule has 0 aromatic heterocycles. The summed E-state index contributed by atoms with van der Waals surface area (Å²) in [5.74, 6) is -2.43. The maximum absolute atomic E-state index is 9.86. The summed E-state index contributed by atoms with van der Waals surface area (Å²) in [7, 11) is 0. The van der Waals surface area contributed by atoms with E-state index in [1.54, 1.807) is 6.07 Å². The van der Waals surface area contributed by atoms with E-state index >= 15 is 0 Å². The fourth-order valence-corrected chi connectivity index (χ4v) is 3.18. The van der Waals surface area contributed by atoms with Crippen LogP contribution < -0.4 is 0 Å². The maximum Gasteiger partial charge on any atom is 0.414 e. The van der Waals surface area contributed by atoms with Crippen molar-refractivity contribution in [2.75, 3.05) is 13.1 Å². The molecule has 27 heavy (non-hydrogen) atoms. The van der Waals surface area contributed by atoms with Crippen molar-refractivity contribution in [2.45, 2.75) is 25.8 Å². The quantitative estimate of drug-likeness (QED) is 0.715. The third kappa shape index (κ3) is 7.11. The topological polar surface area (TPSA) is 98.1 Å². The van der Waals surface area contributed by atoms with Gasteiger partial charge >= 0.3 is 11.9 Å². The second kappa shape index (κ2) is 10.3. The molecule has 1 aliphatic heterocycles. The summed E-state index contributed by atoms with van der Waals surface area (Å²) in [5, 5.41) is 24.6. The van der Waals surface area contributed by atoms with E-state index in [9.17, 15) is 5.11 Å². The smallest absolute Gasteiger partial charge is 0.414 e. The molecule has 2 aromatic carbocycles. The standard InChI is InChI=1S/C19H23NO.C2H2O4/c21-19-9-5-4-8-18(19)15-20-12-10-17(11-13-20)14-16-6-2-1-3-7-16;3-1(4)2(5)6/h1-9,17,21H,10-15H2;(H,3,4)(H,5,6). The van der Waals surface area contributed by atoms with E-state index in [0.717, 1.165) is 31.1 Å². The van der Waals surface area contributed by atoms with Crippen LogP contribution in [-0.2, 0) is 22.6 Å². The van der Waals surface area contributed by atoms with Gasteiger partial charge in [-0.15, -0.1) is 0 Å². The molecule has 0 amide bonds. The first-order valence-electron chi connectivity index (χ1n) is 8.95. The monoisotopic (exact) mass is 371 g/mol. The molecule has 0 saturated carbocycles. The Kier molecular flexibility index (Phi) is 7.82. The molecule has 2 aromatic rings. The molecule has 1 heterocycles. The number of rotatable bonds is 4. The number of phenols is 1. The average molecular weight is 371 g/mol. The minimum Gasteiger partial charge on any atom is -0.508 e. The molecule has 0 atom stereocenters. The fraction of sp³-hybridized carbons (Fsp3) is 0.333. The van der Waals surface area contributed by atoms with Crippen molar-refractivity contribution in [3.63, 3.8) is 0 Å². The zero-order chi connectivity index (χ0) is 19.6. The number of carbonyl (C=O) groups is 2. The Balaban J connectivity index is 0.000000380. The fourth-order valence-electron chi connectivity index (χ4n) is 3.18. The van der Waals surface area contributed by atoms with Gasteiger partial charge in [0.1, 0.15) is 5.75 Å². The lowest BCUT2D eigenvalue weighted by Gasteiger charge is -2.32. The Morgan fingerprint density at radius 2 is 1.44 bits per heavy atom. The van der Waals surface area contributed by atoms with Crippen LogP contribution in [0.15, 0.2) is 54.6 Å². The summed E-state index contributed by atoms with van der Waals surface area (Å²) in [6.07, 6.45) is 3.70. The van der Waals surface area contributed by atoms with Crippen molar-refractivity contribution in [1.29, 1.82) is 0 Å². The number of phenolic OH excluding ortho intramolecular Hbond substituents is 1. The Morgan fingerprint density at radius 1 is 0.889 bits per heavy atom. The maximum atomic E-state index is 9.86. The molecule has 6 heteroatoms. The van der Waals surface area contributed by atoms with Crippen LogP contribution in [0.1, 0.15) is 24.0 Å². The SMILES string of the molecule is O=C(O)C(=O)O.Oc1ccccc1CN1CCC(Cc2ccccc2)CC1. The molecule has 0 bridgehead atoms. The summed E-state index contributed by atoms with van der Waals surface area (Å²) in [6, 6.07) is 18.5. The number of para-hydroxylation sites is 1. The summed E-state index contributed by atoms with van der Waals surface area (Å²) < 4.78 is 0. The van der Waals surface area contributed by atoms with Gasteiger partial charge in [-0.3, -0.25) is 4.90 Å². The van der Waals surface area contributed by atoms with Gasteiger partial charge in [-0.25, -0.2) is 9.59 Å². The first-order chi connectivity index (χ1) is 13.0. The number of nitrogens with zero attached hydrogens (tertiary/aromatic N) is 1. The van der Waals surface area contributed by atoms with Crippen LogP contribution >= 0.6 is 0 Å². The molecule has 0 radical (unpaired) electrons. The van der Waals surface area contributed by atoms with E-state index in [4.69, 9.17) is 19.8 Å². The van der Waals surface area contributed by atoms with Crippen molar-refractivity contribution in [3.8, 4) is 5.75 Å². The first-order valence-corrected chi connectivity index (χ1v) is 8.95. The normalized spacial score (nSPS) is 14.8. The number of carboxylic acid groups (broad SMARTS) is 2. The number of hydrogen-bond donors (Lipinski definition) is 3. The van der Waals surface area contributed by atoms with Crippen molar-refractivity contribution >= 4 is 11.9 Å². The van der Waals surface area contributed by atoms with Crippen molar-refractivity contribution in [2.24, 2.45) is 5.92 Å². The van der Waals surface area contributed by atoms with Gasteiger partial charge in [-0.2, -0.15) is 0 Å². The van der Waals surface area contributed by atoms with E-state index in [1.165, 1.54) is 24.8 Å². The number of piperidine rings is 1. The third-order valence-electron chi connectivity index (χ3n) is 4.64. The predicted octanol–water partition coefficient (Wildman–Crippen LogP) is 3.00. The second-order valence-corrected chi connectivity index (χ2v) is 6.65. The number of carboxylic acids is 2. The van der Waals surface area contributed by atoms with E-state index in [2.05, 4.69) is 35.2 Å². The Bertz CT molecular complexity index is 727. The van der Waals surface area contributed by atoms with Gasteiger partial charge in [-0.05, 0) is 49.9 Å². The summed E-state index contributed by atoms with van der Waals surface area (Å²) >= 11 is 0. The van der Waals surface area contributed by atoms with Crippen LogP contribution in [0.3, 0.4) is 0 Å². The molecule has 0 aliphatic carbocycles. The van der Waals surface area contributed by atoms with Crippen molar-refractivity contribution in [1.82, 2.24) is 4.90 Å². The van der Waals surface area contributed by atoms with Gasteiger partial charge < -0.3 is 15.3 Å². The minimum atomic E-state index is -1.82. The van der Waals surface area contributed by atoms with E-state index in [-0.39, 0.29) is 0 Å². The van der Waals surface area contributed by atoms with Crippen molar-refractivity contribution in [3.05, 3.63) is 65.7 Å². The lowest BCUT2D eigenvalue weighted by Crippen LogP contribution is -2.33. The lowest BCUT2D eigenvalue weighted by molar-refractivity contribution is -0.159. The first kappa shape index (κ1) is 20.5. The van der Waals surface area contributed by atoms with Crippen LogP contribution in [-0.4, -0.2) is 45.2 Å². The lowest BCUT2D eigenvalue weighted by atomic mass is 9.90. The Hall–Kier alpha value is -2.86. The highest BCUT2D eigenvalue weighted by Crippen LogP contribution is 2.24. The van der Waals surface area contributed by atoms with Crippen LogP contribution in [0, 0.1) is 5.92 Å². The number of benzene rings is 2. The zero-order valence-corrected chi connectivity index (χ0v) is 15.1. The van der Waals surface area contributed by atoms with Crippen LogP contribution in [0.2, 0.25) is 0 Å². The van der Waals surface area contributed by atoms with Crippen LogP contribution in [0.25, 0.3) is 0 Å². The van der Waals surface area contributed by atoms with Gasteiger partial charge in [0.25, 0.3) is 0 Å². The highest BCUT2D eigenvalue weighted by atomic mass is 16.4. The minimum absolute atomic E-state index is 0.420. The third-order valence-corrected chi connectivity index (χ3v) is 4.64. The molecule has 144 valence electrons. The van der Waals surface area contributed by atoms with Crippen molar-refractivity contribution < 1.29 is 24.9 Å². The number of likely N-dealkylation sites (tertiary alicyclic amines) is 1. The molecular weight excluding hydrogens is 346 g/mol. The molecular formula is C21H25NO5. The molecule has 3 rings (SSSR count). The number of aliphatic carboxylic acids is 2. The molecule has 1 fully saturated rings. The predicted molar refractivity (Wildman–Crippen MR) is 102 cm³/mol. The highest BCUT2D eigenvalue weighted by Gasteiger charge is 2.20. The Morgan fingerprint density at radius 3 is 2.00 bits per heavy atom. The summed E-state index contributed by atoms with van der Waals surface area (Å²) in [4.78, 5) is 20.7. The number of aromatic hydroxyl groups is 1. The van der Waals surface area contributed by atoms with E-state index in [0.29, 0.717) is 5.75 Å². The van der Waals surface area contributed by atoms with Crippen LogP contribution in [0.5, 0.6) is 5.75 Å². The second-order valence-electron chi connectivity index (χ2n) is 6.65. The molecule has 1 saturated heterocycles. The van der Waals surface area contributed by atoms with Crippen LogP contribution in [0.4, 0.5) is 0 Å². The molecule has 6 nitrogen and oxygen atoms in total.